The molecule has 0 aliphatic carbocycles. The summed E-state index contributed by atoms with van der Waals surface area (Å²) in [5.41, 5.74) is 0. The summed E-state index contributed by atoms with van der Waals surface area (Å²) in [5, 5.41) is 0. The molecule has 0 saturated carbocycles. The molecule has 0 radical (unpaired) electrons. The maximum atomic E-state index is 13.2. The Kier molecular flexibility index (Phi) is 5.85. The fraction of sp³-hybridized carbons (Fsp3) is 0.900. The summed E-state index contributed by atoms with van der Waals surface area (Å²) in [6.07, 6.45) is -7.66. The number of nitrogens with zero attached hydrogens (tertiary/aromatic N) is 1. The average Bonchev–Trinajstić information content (AvgIpc) is 2.43. The number of carbonyl (C=O) groups is 1. The lowest BCUT2D eigenvalue weighted by Crippen LogP contribution is -2.73. The Bertz CT molecular complexity index is 576. The van der Waals surface area contributed by atoms with Crippen LogP contribution < -0.4 is 0 Å². The van der Waals surface area contributed by atoms with E-state index in [9.17, 15) is 70.7 Å². The number of rotatable bonds is 6. The van der Waals surface area contributed by atoms with E-state index < -0.39 is 52.5 Å². The Balaban J connectivity index is 6.60. The zero-order chi connectivity index (χ0) is 22.7. The largest absolute Gasteiger partial charge is 0.460 e. The summed E-state index contributed by atoms with van der Waals surface area (Å²) in [6.45, 7) is 0. The van der Waals surface area contributed by atoms with E-state index in [0.29, 0.717) is 0 Å². The van der Waals surface area contributed by atoms with Crippen molar-refractivity contribution in [3.8, 4) is 0 Å². The fourth-order valence-corrected chi connectivity index (χ4v) is 1.38. The van der Waals surface area contributed by atoms with E-state index in [-0.39, 0.29) is 14.1 Å². The van der Waals surface area contributed by atoms with E-state index in [2.05, 4.69) is 0 Å². The summed E-state index contributed by atoms with van der Waals surface area (Å²) in [7, 11) is 0.407. The zero-order valence-corrected chi connectivity index (χ0v) is 12.5. The molecule has 0 bridgehead atoms. The molecule has 0 unspecified atom stereocenters. The predicted octanol–water partition coefficient (Wildman–Crippen LogP) is 4.45. The van der Waals surface area contributed by atoms with Crippen LogP contribution in [0, 0.1) is 0 Å². The fourth-order valence-electron chi connectivity index (χ4n) is 1.38. The molecule has 162 valence electrons. The first-order valence-corrected chi connectivity index (χ1v) is 5.91. The lowest BCUT2D eigenvalue weighted by molar-refractivity contribution is -0.449. The van der Waals surface area contributed by atoms with Crippen LogP contribution in [0.2, 0.25) is 0 Å². The van der Waals surface area contributed by atoms with E-state index in [0.717, 1.165) is 0 Å². The minimum absolute atomic E-state index is 0.203. The van der Waals surface area contributed by atoms with Crippen LogP contribution in [0.5, 0.6) is 0 Å². The quantitative estimate of drug-likeness (QED) is 0.559. The van der Waals surface area contributed by atoms with Gasteiger partial charge in [-0.05, 0) is 0 Å². The molecule has 0 aromatic heterocycles. The third kappa shape index (κ3) is 3.15. The van der Waals surface area contributed by atoms with Crippen LogP contribution >= 0.6 is 0 Å². The van der Waals surface area contributed by atoms with Gasteiger partial charge in [0, 0.05) is 14.1 Å². The van der Waals surface area contributed by atoms with Gasteiger partial charge in [-0.15, -0.1) is 0 Å². The molecule has 0 spiro atoms. The van der Waals surface area contributed by atoms with Crippen molar-refractivity contribution in [3.05, 3.63) is 0 Å². The van der Waals surface area contributed by atoms with Gasteiger partial charge in [0.2, 0.25) is 0 Å². The van der Waals surface area contributed by atoms with Crippen LogP contribution in [0.1, 0.15) is 0 Å². The van der Waals surface area contributed by atoms with E-state index in [1.54, 1.807) is 0 Å². The SMILES string of the molecule is CN(C)C(=O)C(F)(F)C(F)(F)C(F)(F)C(F)(F)C(F)(F)C(F)(F)C(F)(F)F. The van der Waals surface area contributed by atoms with Gasteiger partial charge in [0.25, 0.3) is 5.91 Å². The van der Waals surface area contributed by atoms with Gasteiger partial charge in [-0.1, -0.05) is 0 Å². The Morgan fingerprint density at radius 2 is 0.778 bits per heavy atom. The third-order valence-corrected chi connectivity index (χ3v) is 3.00. The summed E-state index contributed by atoms with van der Waals surface area (Å²) >= 11 is 0. The molecule has 0 aliphatic heterocycles. The van der Waals surface area contributed by atoms with E-state index >= 15 is 0 Å². The number of alkyl halides is 15. The number of carbonyl (C=O) groups excluding carboxylic acids is 1. The number of hydrogen-bond acceptors (Lipinski definition) is 1. The Morgan fingerprint density at radius 1 is 0.519 bits per heavy atom. The second-order valence-corrected chi connectivity index (χ2v) is 5.14. The number of halogens is 15. The van der Waals surface area contributed by atoms with Crippen LogP contribution in [-0.4, -0.2) is 66.6 Å². The van der Waals surface area contributed by atoms with Crippen LogP contribution in [-0.2, 0) is 4.79 Å². The lowest BCUT2D eigenvalue weighted by atomic mass is 9.90. The number of hydrogen-bond donors (Lipinski definition) is 0. The molecular weight excluding hydrogens is 435 g/mol. The molecule has 0 aromatic rings. The summed E-state index contributed by atoms with van der Waals surface area (Å²) < 4.78 is 192. The molecule has 0 heterocycles. The van der Waals surface area contributed by atoms with Gasteiger partial charge < -0.3 is 4.90 Å². The maximum absolute atomic E-state index is 13.2. The van der Waals surface area contributed by atoms with Gasteiger partial charge in [-0.25, -0.2) is 0 Å². The minimum Gasteiger partial charge on any atom is -0.343 e. The lowest BCUT2D eigenvalue weighted by Gasteiger charge is -2.41. The third-order valence-electron chi connectivity index (χ3n) is 3.00. The molecule has 1 amide bonds. The normalized spacial score (nSPS) is 15.7. The molecule has 0 aliphatic rings. The van der Waals surface area contributed by atoms with Crippen LogP contribution in [0.15, 0.2) is 0 Å². The van der Waals surface area contributed by atoms with Crippen molar-refractivity contribution in [1.29, 1.82) is 0 Å². The molecule has 2 nitrogen and oxygen atoms in total. The molecule has 0 saturated heterocycles. The molecule has 0 aromatic carbocycles. The monoisotopic (exact) mass is 441 g/mol. The van der Waals surface area contributed by atoms with Gasteiger partial charge in [-0.2, -0.15) is 65.9 Å². The van der Waals surface area contributed by atoms with Crippen molar-refractivity contribution in [2.24, 2.45) is 0 Å². The summed E-state index contributed by atoms with van der Waals surface area (Å²) in [4.78, 5) is 10.2. The van der Waals surface area contributed by atoms with Crippen LogP contribution in [0.4, 0.5) is 65.9 Å². The molecule has 27 heavy (non-hydrogen) atoms. The summed E-state index contributed by atoms with van der Waals surface area (Å²) in [6, 6.07) is 0. The zero-order valence-electron chi connectivity index (χ0n) is 12.5. The molecule has 0 atom stereocenters. The van der Waals surface area contributed by atoms with Gasteiger partial charge in [-0.3, -0.25) is 4.79 Å². The second kappa shape index (κ2) is 6.22. The highest BCUT2D eigenvalue weighted by Crippen LogP contribution is 2.62. The van der Waals surface area contributed by atoms with E-state index in [1.165, 1.54) is 0 Å². The Labute approximate surface area is 138 Å². The first-order chi connectivity index (χ1) is 11.4. The van der Waals surface area contributed by atoms with Crippen molar-refractivity contribution in [2.45, 2.75) is 41.7 Å². The highest BCUT2D eigenvalue weighted by Gasteiger charge is 2.94. The average molecular weight is 441 g/mol. The molecule has 0 fully saturated rings. The minimum atomic E-state index is -8.39. The first kappa shape index (κ1) is 25.4. The maximum Gasteiger partial charge on any atom is 0.460 e. The van der Waals surface area contributed by atoms with E-state index in [1.807, 2.05) is 0 Å². The van der Waals surface area contributed by atoms with Crippen molar-refractivity contribution in [1.82, 2.24) is 4.90 Å². The second-order valence-electron chi connectivity index (χ2n) is 5.14. The van der Waals surface area contributed by atoms with Crippen molar-refractivity contribution >= 4 is 5.91 Å². The standard InChI is InChI=1S/C10H6F15NO/c1-26(2)3(27)4(11,12)5(13,14)6(15,16)7(17,18)8(19,20)9(21,22)10(23,24)25/h1-2H3. The van der Waals surface area contributed by atoms with Gasteiger partial charge >= 0.3 is 41.7 Å². The topological polar surface area (TPSA) is 20.3 Å². The number of amides is 1. The molecule has 17 heteroatoms. The molecular formula is C10H6F15NO. The molecule has 0 rings (SSSR count). The van der Waals surface area contributed by atoms with Gasteiger partial charge in [0.15, 0.2) is 0 Å². The Hall–Kier alpha value is -1.58. The highest BCUT2D eigenvalue weighted by atomic mass is 19.4. The Morgan fingerprint density at radius 3 is 1.04 bits per heavy atom. The van der Waals surface area contributed by atoms with Crippen molar-refractivity contribution in [2.75, 3.05) is 14.1 Å². The van der Waals surface area contributed by atoms with Crippen molar-refractivity contribution < 1.29 is 70.7 Å². The predicted molar refractivity (Wildman–Crippen MR) is 54.4 cm³/mol. The smallest absolute Gasteiger partial charge is 0.343 e. The van der Waals surface area contributed by atoms with Crippen LogP contribution in [0.3, 0.4) is 0 Å². The van der Waals surface area contributed by atoms with Gasteiger partial charge in [0.1, 0.15) is 0 Å². The summed E-state index contributed by atoms with van der Waals surface area (Å²) in [5.74, 6) is -51.0. The van der Waals surface area contributed by atoms with Crippen molar-refractivity contribution in [3.63, 3.8) is 0 Å². The highest BCUT2D eigenvalue weighted by molar-refractivity contribution is 5.84. The van der Waals surface area contributed by atoms with E-state index in [4.69, 9.17) is 0 Å². The van der Waals surface area contributed by atoms with Gasteiger partial charge in [0.05, 0.1) is 0 Å². The van der Waals surface area contributed by atoms with Crippen LogP contribution in [0.25, 0.3) is 0 Å². The molecule has 0 N–H and O–H groups in total. The first-order valence-electron chi connectivity index (χ1n) is 5.91.